The number of tetrazole rings is 1. The predicted molar refractivity (Wildman–Crippen MR) is 146 cm³/mol. The SMILES string of the molecule is CCOC(=O)ON1CCN(C(=O)[C@H](Cc2nn[nH]n2)NC(=O)c2cc(OC3CCCC3)nc(-c3ccccc3)n2)CC1. The van der Waals surface area contributed by atoms with Crippen molar-refractivity contribution in [3.8, 4) is 17.3 Å². The Hall–Kier alpha value is -4.66. The Labute approximate surface area is 241 Å². The van der Waals surface area contributed by atoms with Crippen LogP contribution in [0, 0.1) is 0 Å². The molecule has 0 spiro atoms. The fourth-order valence-electron chi connectivity index (χ4n) is 4.85. The van der Waals surface area contributed by atoms with Gasteiger partial charge in [-0.2, -0.15) is 10.2 Å². The number of benzene rings is 1. The van der Waals surface area contributed by atoms with Crippen LogP contribution in [0.2, 0.25) is 0 Å². The van der Waals surface area contributed by atoms with E-state index in [1.807, 2.05) is 30.3 Å². The average molecular weight is 580 g/mol. The first-order chi connectivity index (χ1) is 20.5. The number of nitrogens with one attached hydrogen (secondary N) is 2. The molecule has 1 aliphatic carbocycles. The minimum Gasteiger partial charge on any atom is -0.474 e. The van der Waals surface area contributed by atoms with Crippen LogP contribution in [0.4, 0.5) is 4.79 Å². The van der Waals surface area contributed by atoms with Crippen molar-refractivity contribution in [2.75, 3.05) is 32.8 Å². The van der Waals surface area contributed by atoms with Gasteiger partial charge >= 0.3 is 6.16 Å². The van der Waals surface area contributed by atoms with E-state index in [0.717, 1.165) is 31.2 Å². The Morgan fingerprint density at radius 2 is 1.83 bits per heavy atom. The average Bonchev–Trinajstić information content (AvgIpc) is 3.72. The Kier molecular flexibility index (Phi) is 9.48. The Balaban J connectivity index is 1.33. The highest BCUT2D eigenvalue weighted by Crippen LogP contribution is 2.25. The first-order valence-electron chi connectivity index (χ1n) is 14.0. The molecule has 2 amide bonds. The van der Waals surface area contributed by atoms with E-state index in [4.69, 9.17) is 14.3 Å². The molecule has 2 aliphatic rings. The fourth-order valence-corrected chi connectivity index (χ4v) is 4.85. The van der Waals surface area contributed by atoms with E-state index < -0.39 is 18.1 Å². The third-order valence-corrected chi connectivity index (χ3v) is 6.95. The summed E-state index contributed by atoms with van der Waals surface area (Å²) >= 11 is 0. The van der Waals surface area contributed by atoms with Crippen LogP contribution >= 0.6 is 0 Å². The normalized spacial score (nSPS) is 16.5. The Morgan fingerprint density at radius 1 is 1.07 bits per heavy atom. The summed E-state index contributed by atoms with van der Waals surface area (Å²) in [6.45, 7) is 2.97. The van der Waals surface area contributed by atoms with Crippen LogP contribution < -0.4 is 10.1 Å². The van der Waals surface area contributed by atoms with Crippen LogP contribution in [-0.2, 0) is 20.8 Å². The minimum absolute atomic E-state index is 0.00265. The molecule has 2 N–H and O–H groups in total. The van der Waals surface area contributed by atoms with Gasteiger partial charge in [-0.1, -0.05) is 35.5 Å². The highest BCUT2D eigenvalue weighted by molar-refractivity contribution is 5.96. The summed E-state index contributed by atoms with van der Waals surface area (Å²) in [6, 6.07) is 9.80. The summed E-state index contributed by atoms with van der Waals surface area (Å²) < 4.78 is 10.9. The quantitative estimate of drug-likeness (QED) is 0.332. The lowest BCUT2D eigenvalue weighted by atomic mass is 10.1. The number of piperazine rings is 1. The fraction of sp³-hybridized carbons (Fsp3) is 0.481. The molecular weight excluding hydrogens is 546 g/mol. The van der Waals surface area contributed by atoms with Gasteiger partial charge in [0.15, 0.2) is 11.6 Å². The number of aromatic amines is 1. The van der Waals surface area contributed by atoms with Crippen LogP contribution in [0.15, 0.2) is 36.4 Å². The van der Waals surface area contributed by atoms with Crippen molar-refractivity contribution in [1.29, 1.82) is 0 Å². The molecule has 2 fully saturated rings. The minimum atomic E-state index is -1.01. The molecule has 1 aromatic carbocycles. The van der Waals surface area contributed by atoms with Crippen LogP contribution in [0.25, 0.3) is 11.4 Å². The highest BCUT2D eigenvalue weighted by atomic mass is 16.8. The summed E-state index contributed by atoms with van der Waals surface area (Å²) in [5.41, 5.74) is 0.793. The monoisotopic (exact) mass is 579 g/mol. The van der Waals surface area contributed by atoms with Gasteiger partial charge in [-0.15, -0.1) is 15.3 Å². The van der Waals surface area contributed by atoms with Gasteiger partial charge in [-0.25, -0.2) is 9.78 Å². The molecule has 1 saturated carbocycles. The van der Waals surface area contributed by atoms with E-state index in [1.165, 1.54) is 11.1 Å². The van der Waals surface area contributed by atoms with Gasteiger partial charge in [0.2, 0.25) is 11.8 Å². The molecule has 222 valence electrons. The zero-order valence-electron chi connectivity index (χ0n) is 23.3. The predicted octanol–water partition coefficient (Wildman–Crippen LogP) is 1.55. The number of hydroxylamine groups is 2. The van der Waals surface area contributed by atoms with E-state index in [0.29, 0.717) is 11.7 Å². The number of rotatable bonds is 10. The van der Waals surface area contributed by atoms with Crippen LogP contribution in [-0.4, -0.2) is 103 Å². The number of hydrogen-bond donors (Lipinski definition) is 2. The number of amides is 2. The van der Waals surface area contributed by atoms with Gasteiger partial charge < -0.3 is 24.5 Å². The molecule has 3 heterocycles. The number of carbonyl (C=O) groups excluding carboxylic acids is 3. The number of ether oxygens (including phenoxy) is 2. The van der Waals surface area contributed by atoms with Crippen molar-refractivity contribution in [2.45, 2.75) is 51.2 Å². The molecule has 5 rings (SSSR count). The first-order valence-corrected chi connectivity index (χ1v) is 14.0. The molecule has 0 bridgehead atoms. The number of hydrogen-bond acceptors (Lipinski definition) is 12. The third-order valence-electron chi connectivity index (χ3n) is 6.95. The topological polar surface area (TPSA) is 178 Å². The van der Waals surface area contributed by atoms with E-state index in [2.05, 4.69) is 35.9 Å². The van der Waals surface area contributed by atoms with E-state index >= 15 is 0 Å². The van der Waals surface area contributed by atoms with Gasteiger partial charge in [-0.05, 0) is 32.6 Å². The summed E-state index contributed by atoms with van der Waals surface area (Å²) in [6.07, 6.45) is 3.24. The zero-order valence-corrected chi connectivity index (χ0v) is 23.3. The molecule has 2 aromatic heterocycles. The smallest absolute Gasteiger partial charge is 0.474 e. The molecule has 42 heavy (non-hydrogen) atoms. The zero-order chi connectivity index (χ0) is 29.3. The molecule has 0 radical (unpaired) electrons. The second-order valence-electron chi connectivity index (χ2n) is 9.89. The Bertz CT molecular complexity index is 1340. The molecule has 1 aliphatic heterocycles. The second kappa shape index (κ2) is 13.8. The van der Waals surface area contributed by atoms with E-state index in [-0.39, 0.29) is 62.7 Å². The maximum absolute atomic E-state index is 13.6. The number of aromatic nitrogens is 6. The molecule has 15 nitrogen and oxygen atoms in total. The molecular formula is C27H33N9O6. The third kappa shape index (κ3) is 7.54. The summed E-state index contributed by atoms with van der Waals surface area (Å²) in [5.74, 6) is -0.00814. The maximum atomic E-state index is 13.6. The van der Waals surface area contributed by atoms with Crippen molar-refractivity contribution in [1.82, 2.24) is 45.9 Å². The lowest BCUT2D eigenvalue weighted by Gasteiger charge is -2.34. The van der Waals surface area contributed by atoms with Gasteiger partial charge in [-0.3, -0.25) is 9.59 Å². The molecule has 1 saturated heterocycles. The van der Waals surface area contributed by atoms with Gasteiger partial charge in [0.25, 0.3) is 5.91 Å². The van der Waals surface area contributed by atoms with Gasteiger partial charge in [0, 0.05) is 31.1 Å². The molecule has 0 unspecified atom stereocenters. The molecule has 15 heteroatoms. The Morgan fingerprint density at radius 3 is 2.52 bits per heavy atom. The van der Waals surface area contributed by atoms with E-state index in [1.54, 1.807) is 11.8 Å². The van der Waals surface area contributed by atoms with Crippen molar-refractivity contribution < 1.29 is 28.7 Å². The lowest BCUT2D eigenvalue weighted by Crippen LogP contribution is -2.55. The standard InChI is InChI=1S/C27H33N9O6/c1-2-40-27(39)42-36-14-12-35(13-15-36)26(38)21(16-22-31-33-34-32-22)29-25(37)20-17-23(41-19-10-6-7-11-19)30-24(28-20)18-8-4-3-5-9-18/h3-5,8-9,17,19,21H,2,6-7,10-16H2,1H3,(H,29,37)(H,31,32,33,34)/t21-/m0/s1. The summed E-state index contributed by atoms with van der Waals surface area (Å²) in [5, 5.41) is 18.1. The van der Waals surface area contributed by atoms with Crippen molar-refractivity contribution in [3.63, 3.8) is 0 Å². The van der Waals surface area contributed by atoms with E-state index in [9.17, 15) is 14.4 Å². The largest absolute Gasteiger partial charge is 0.527 e. The van der Waals surface area contributed by atoms with Crippen LogP contribution in [0.5, 0.6) is 5.88 Å². The molecule has 1 atom stereocenters. The van der Waals surface area contributed by atoms with Crippen LogP contribution in [0.1, 0.15) is 48.9 Å². The van der Waals surface area contributed by atoms with Gasteiger partial charge in [0.05, 0.1) is 19.7 Å². The van der Waals surface area contributed by atoms with Crippen LogP contribution in [0.3, 0.4) is 0 Å². The second-order valence-corrected chi connectivity index (χ2v) is 9.89. The molecule has 3 aromatic rings. The van der Waals surface area contributed by atoms with Crippen molar-refractivity contribution in [3.05, 3.63) is 47.9 Å². The van der Waals surface area contributed by atoms with Crippen molar-refractivity contribution >= 4 is 18.0 Å². The lowest BCUT2D eigenvalue weighted by molar-refractivity contribution is -0.157. The number of nitrogens with zero attached hydrogens (tertiary/aromatic N) is 7. The number of carbonyl (C=O) groups is 3. The summed E-state index contributed by atoms with van der Waals surface area (Å²) in [4.78, 5) is 54.7. The summed E-state index contributed by atoms with van der Waals surface area (Å²) in [7, 11) is 0. The first kappa shape index (κ1) is 28.9. The number of H-pyrrole nitrogens is 1. The highest BCUT2D eigenvalue weighted by Gasteiger charge is 2.32. The van der Waals surface area contributed by atoms with Gasteiger partial charge in [0.1, 0.15) is 17.8 Å². The van der Waals surface area contributed by atoms with Crippen molar-refractivity contribution in [2.24, 2.45) is 0 Å². The maximum Gasteiger partial charge on any atom is 0.527 e.